The van der Waals surface area contributed by atoms with Gasteiger partial charge in [0.15, 0.2) is 5.76 Å². The normalized spacial score (nSPS) is 18.4. The number of nitrogens with one attached hydrogen (secondary N) is 1. The van der Waals surface area contributed by atoms with E-state index < -0.39 is 17.2 Å². The van der Waals surface area contributed by atoms with Crippen molar-refractivity contribution in [2.45, 2.75) is 51.8 Å². The van der Waals surface area contributed by atoms with Gasteiger partial charge in [-0.25, -0.2) is 0 Å². The summed E-state index contributed by atoms with van der Waals surface area (Å²) in [5.74, 6) is -0.0730. The molecule has 10 heteroatoms. The number of hydrogen-bond acceptors (Lipinski definition) is 7. The van der Waals surface area contributed by atoms with Crippen molar-refractivity contribution >= 4 is 22.9 Å². The number of β-amino-alcohol motifs (C(OH)–C–C–N with tert-alkyl or cyclic N) is 1. The van der Waals surface area contributed by atoms with Crippen molar-refractivity contribution < 1.29 is 23.2 Å². The van der Waals surface area contributed by atoms with E-state index in [1.807, 2.05) is 61.5 Å². The van der Waals surface area contributed by atoms with E-state index in [0.717, 1.165) is 29.7 Å². The molecule has 1 aliphatic rings. The molecule has 4 atom stereocenters. The Bertz CT molecular complexity index is 1200. The topological polar surface area (TPSA) is 122 Å². The van der Waals surface area contributed by atoms with E-state index in [4.69, 9.17) is 4.52 Å². The highest BCUT2D eigenvalue weighted by molar-refractivity contribution is 7.80. The van der Waals surface area contributed by atoms with Crippen LogP contribution in [0.5, 0.6) is 0 Å². The van der Waals surface area contributed by atoms with Crippen LogP contribution in [0, 0.1) is 13.8 Å². The maximum Gasteiger partial charge on any atom is 0.227 e. The molecule has 4 unspecified atom stereocenters. The first kappa shape index (κ1) is 27.0. The largest absolute Gasteiger partial charge is 0.755 e. The van der Waals surface area contributed by atoms with Crippen LogP contribution in [0.4, 0.5) is 5.69 Å². The smallest absolute Gasteiger partial charge is 0.227 e. The molecule has 0 radical (unpaired) electrons. The molecule has 2 N–H and O–H groups in total. The fourth-order valence-corrected chi connectivity index (χ4v) is 5.39. The second kappa shape index (κ2) is 12.0. The molecule has 1 aromatic heterocycles. The molecular weight excluding hydrogens is 492 g/mol. The Kier molecular flexibility index (Phi) is 8.75. The Morgan fingerprint density at radius 3 is 2.49 bits per heavy atom. The average molecular weight is 526 g/mol. The lowest BCUT2D eigenvalue weighted by Gasteiger charge is -2.27. The Morgan fingerprint density at radius 2 is 1.92 bits per heavy atom. The third-order valence-electron chi connectivity index (χ3n) is 6.83. The molecule has 0 spiro atoms. The van der Waals surface area contributed by atoms with Gasteiger partial charge in [0.25, 0.3) is 0 Å². The second-order valence-corrected chi connectivity index (χ2v) is 10.4. The van der Waals surface area contributed by atoms with Crippen LogP contribution in [0.25, 0.3) is 0 Å². The van der Waals surface area contributed by atoms with Crippen molar-refractivity contribution in [1.29, 1.82) is 0 Å². The zero-order chi connectivity index (χ0) is 26.5. The first-order valence-electron chi connectivity index (χ1n) is 12.4. The van der Waals surface area contributed by atoms with Gasteiger partial charge >= 0.3 is 0 Å². The number of rotatable bonds is 10. The number of aliphatic hydroxyl groups is 1. The van der Waals surface area contributed by atoms with Gasteiger partial charge < -0.3 is 19.5 Å². The maximum atomic E-state index is 13.3. The molecular formula is C27H33N4O5S-. The fraction of sp³-hybridized carbons (Fsp3) is 0.407. The molecule has 1 amide bonds. The first-order valence-corrected chi connectivity index (χ1v) is 13.4. The van der Waals surface area contributed by atoms with Crippen molar-refractivity contribution in [3.63, 3.8) is 0 Å². The number of aliphatic hydroxyl groups excluding tert-OH is 1. The quantitative estimate of drug-likeness (QED) is 0.390. The van der Waals surface area contributed by atoms with Crippen LogP contribution in [-0.4, -0.2) is 55.6 Å². The van der Waals surface area contributed by atoms with Gasteiger partial charge in [-0.3, -0.25) is 18.2 Å². The summed E-state index contributed by atoms with van der Waals surface area (Å²) in [6.07, 6.45) is 0.420. The summed E-state index contributed by atoms with van der Waals surface area (Å²) >= 11 is -2.51. The van der Waals surface area contributed by atoms with Gasteiger partial charge in [-0.15, -0.1) is 0 Å². The average Bonchev–Trinajstić information content (AvgIpc) is 3.46. The molecule has 3 aromatic rings. The minimum Gasteiger partial charge on any atom is -0.755 e. The molecule has 0 aliphatic carbocycles. The van der Waals surface area contributed by atoms with Crippen LogP contribution >= 0.6 is 0 Å². The van der Waals surface area contributed by atoms with Gasteiger partial charge in [0.1, 0.15) is 11.4 Å². The lowest BCUT2D eigenvalue weighted by atomic mass is 9.97. The van der Waals surface area contributed by atoms with Gasteiger partial charge in [-0.05, 0) is 43.9 Å². The lowest BCUT2D eigenvalue weighted by molar-refractivity contribution is -0.123. The van der Waals surface area contributed by atoms with Gasteiger partial charge in [0.2, 0.25) is 5.91 Å². The lowest BCUT2D eigenvalue weighted by Crippen LogP contribution is -2.39. The van der Waals surface area contributed by atoms with Crippen LogP contribution in [0.3, 0.4) is 0 Å². The summed E-state index contributed by atoms with van der Waals surface area (Å²) < 4.78 is 30.2. The van der Waals surface area contributed by atoms with Gasteiger partial charge in [-0.2, -0.15) is 0 Å². The molecule has 1 fully saturated rings. The third kappa shape index (κ3) is 6.64. The van der Waals surface area contributed by atoms with Crippen molar-refractivity contribution in [3.05, 3.63) is 82.7 Å². The molecule has 2 heterocycles. The maximum absolute atomic E-state index is 13.3. The summed E-state index contributed by atoms with van der Waals surface area (Å²) in [6.45, 7) is 7.39. The van der Waals surface area contributed by atoms with E-state index in [2.05, 4.69) is 15.4 Å². The van der Waals surface area contributed by atoms with Crippen LogP contribution < -0.4 is 9.62 Å². The summed E-state index contributed by atoms with van der Waals surface area (Å²) in [5, 5.41) is 17.0. The minimum atomic E-state index is -2.51. The zero-order valence-electron chi connectivity index (χ0n) is 21.3. The van der Waals surface area contributed by atoms with E-state index in [-0.39, 0.29) is 24.6 Å². The number of carbonyl (C=O) groups is 1. The van der Waals surface area contributed by atoms with Crippen LogP contribution in [-0.2, 0) is 22.6 Å². The molecule has 198 valence electrons. The second-order valence-electron chi connectivity index (χ2n) is 9.56. The number of carbonyl (C=O) groups excluding carboxylic acids is 1. The van der Waals surface area contributed by atoms with Crippen molar-refractivity contribution in [1.82, 2.24) is 15.4 Å². The van der Waals surface area contributed by atoms with Gasteiger partial charge in [-0.1, -0.05) is 59.8 Å². The standard InChI is InChI=1S/C27H34N4O5S/c1-18(27(33)28-25(23-7-5-4-6-8-23)17-30-14-13-24(32)16-30)22-11-9-21(10-12-22)15-31(37(34)35)26-19(2)29-36-20(26)3/h4-12,18,24-25,32H,13-17H2,1-3H3,(H,28,33)(H,34,35)/p-1. The Hall–Kier alpha value is -3.05. The number of amides is 1. The molecule has 1 saturated heterocycles. The fourth-order valence-electron chi connectivity index (χ4n) is 4.72. The number of aryl methyl sites for hydroxylation is 2. The highest BCUT2D eigenvalue weighted by Gasteiger charge is 2.26. The van der Waals surface area contributed by atoms with Crippen LogP contribution in [0.1, 0.15) is 53.4 Å². The van der Waals surface area contributed by atoms with Gasteiger partial charge in [0, 0.05) is 30.9 Å². The van der Waals surface area contributed by atoms with Crippen molar-refractivity contribution in [3.8, 4) is 0 Å². The molecule has 2 aromatic carbocycles. The summed E-state index contributed by atoms with van der Waals surface area (Å²) in [6, 6.07) is 17.0. The van der Waals surface area contributed by atoms with E-state index in [0.29, 0.717) is 30.2 Å². The number of hydrogen-bond donors (Lipinski definition) is 2. The molecule has 37 heavy (non-hydrogen) atoms. The minimum absolute atomic E-state index is 0.0978. The number of anilines is 1. The summed E-state index contributed by atoms with van der Waals surface area (Å²) in [5.41, 5.74) is 3.56. The molecule has 1 aliphatic heterocycles. The number of likely N-dealkylation sites (tertiary alicyclic amines) is 1. The molecule has 0 saturated carbocycles. The SMILES string of the molecule is Cc1noc(C)c1N(Cc1ccc(C(C)C(=O)NC(CN2CCC(O)C2)c2ccccc2)cc1)S(=O)[O-]. The Morgan fingerprint density at radius 1 is 1.22 bits per heavy atom. The molecule has 9 nitrogen and oxygen atoms in total. The summed E-state index contributed by atoms with van der Waals surface area (Å²) in [4.78, 5) is 15.4. The number of benzene rings is 2. The number of aromatic nitrogens is 1. The van der Waals surface area contributed by atoms with E-state index in [1.165, 1.54) is 4.31 Å². The molecule has 0 bridgehead atoms. The Balaban J connectivity index is 1.44. The third-order valence-corrected chi connectivity index (χ3v) is 7.50. The van der Waals surface area contributed by atoms with E-state index in [9.17, 15) is 18.7 Å². The van der Waals surface area contributed by atoms with Crippen molar-refractivity contribution in [2.75, 3.05) is 23.9 Å². The van der Waals surface area contributed by atoms with E-state index >= 15 is 0 Å². The van der Waals surface area contributed by atoms with E-state index in [1.54, 1.807) is 13.8 Å². The van der Waals surface area contributed by atoms with Crippen LogP contribution in [0.2, 0.25) is 0 Å². The molecule has 4 rings (SSSR count). The predicted octanol–water partition coefficient (Wildman–Crippen LogP) is 3.12. The predicted molar refractivity (Wildman–Crippen MR) is 140 cm³/mol. The zero-order valence-corrected chi connectivity index (χ0v) is 22.1. The summed E-state index contributed by atoms with van der Waals surface area (Å²) in [7, 11) is 0. The van der Waals surface area contributed by atoms with Crippen molar-refractivity contribution in [2.24, 2.45) is 0 Å². The van der Waals surface area contributed by atoms with Gasteiger partial charge in [0.05, 0.1) is 24.6 Å². The number of nitrogens with zero attached hydrogens (tertiary/aromatic N) is 3. The first-order chi connectivity index (χ1) is 17.7. The highest BCUT2D eigenvalue weighted by Crippen LogP contribution is 2.27. The highest BCUT2D eigenvalue weighted by atomic mass is 32.2. The Labute approximate surface area is 219 Å². The van der Waals surface area contributed by atoms with Crippen LogP contribution in [0.15, 0.2) is 59.1 Å². The monoisotopic (exact) mass is 525 g/mol.